The molecular weight excluding hydrogens is 256 g/mol. The minimum absolute atomic E-state index is 0.163. The Bertz CT molecular complexity index is 674. The van der Waals surface area contributed by atoms with Crippen molar-refractivity contribution in [1.82, 2.24) is 4.68 Å². The van der Waals surface area contributed by atoms with Crippen LogP contribution in [-0.2, 0) is 0 Å². The van der Waals surface area contributed by atoms with Crippen molar-refractivity contribution in [3.05, 3.63) is 45.9 Å². The van der Waals surface area contributed by atoms with Gasteiger partial charge >= 0.3 is 5.97 Å². The van der Waals surface area contributed by atoms with Crippen molar-refractivity contribution >= 4 is 5.97 Å². The lowest BCUT2D eigenvalue weighted by Crippen LogP contribution is -2.24. The summed E-state index contributed by atoms with van der Waals surface area (Å²) in [6, 6.07) is 4.46. The third-order valence-electron chi connectivity index (χ3n) is 3.17. The zero-order valence-electron chi connectivity index (χ0n) is 11.8. The number of rotatable bonds is 4. The largest absolute Gasteiger partial charge is 0.478 e. The number of hydrogen-bond donors (Lipinski definition) is 2. The van der Waals surface area contributed by atoms with Crippen LogP contribution in [0.15, 0.2) is 29.2 Å². The van der Waals surface area contributed by atoms with Crippen LogP contribution in [0.5, 0.6) is 0 Å². The monoisotopic (exact) mass is 274 g/mol. The minimum Gasteiger partial charge on any atom is -0.478 e. The molecule has 0 spiro atoms. The first kappa shape index (κ1) is 14.1. The number of carboxylic acid groups (broad SMARTS) is 1. The summed E-state index contributed by atoms with van der Waals surface area (Å²) in [4.78, 5) is 22.9. The number of aromatic carboxylic acids is 1. The predicted molar refractivity (Wildman–Crippen MR) is 78.1 cm³/mol. The summed E-state index contributed by atoms with van der Waals surface area (Å²) < 4.78 is 1.72. The Morgan fingerprint density at radius 1 is 1.40 bits per heavy atom. The van der Waals surface area contributed by atoms with Gasteiger partial charge in [-0.2, -0.15) is 0 Å². The first-order valence-corrected chi connectivity index (χ1v) is 6.53. The van der Waals surface area contributed by atoms with Gasteiger partial charge in [0.05, 0.1) is 11.3 Å². The summed E-state index contributed by atoms with van der Waals surface area (Å²) in [5.41, 5.74) is 4.95. The molecule has 0 bridgehead atoms. The summed E-state index contributed by atoms with van der Waals surface area (Å²) >= 11 is 0. The molecule has 0 radical (unpaired) electrons. The standard InChI is InChI=1S/C15H18N2O3/c1-9(2)7-16-17-8-11-4-5-12(18)6-13(11)14(10(17)3)15(19)20/h4-6,8-9,16H,7H2,1-3H3,(H,19,20). The molecule has 2 rings (SSSR count). The van der Waals surface area contributed by atoms with Gasteiger partial charge in [-0.1, -0.05) is 13.8 Å². The number of nitrogens with zero attached hydrogens (tertiary/aromatic N) is 1. The molecule has 106 valence electrons. The summed E-state index contributed by atoms with van der Waals surface area (Å²) in [7, 11) is 0. The summed E-state index contributed by atoms with van der Waals surface area (Å²) in [5.74, 6) is -0.589. The molecule has 5 nitrogen and oxygen atoms in total. The van der Waals surface area contributed by atoms with Crippen molar-refractivity contribution in [2.75, 3.05) is 12.0 Å². The lowest BCUT2D eigenvalue weighted by molar-refractivity contribution is 0.0696. The third kappa shape index (κ3) is 2.66. The van der Waals surface area contributed by atoms with Gasteiger partial charge in [-0.15, -0.1) is 0 Å². The number of carboxylic acids is 1. The van der Waals surface area contributed by atoms with Crippen LogP contribution in [0.3, 0.4) is 0 Å². The zero-order valence-corrected chi connectivity index (χ0v) is 11.8. The average molecular weight is 274 g/mol. The van der Waals surface area contributed by atoms with E-state index in [1.807, 2.05) is 6.20 Å². The molecule has 2 aliphatic rings. The van der Waals surface area contributed by atoms with Crippen LogP contribution in [0.1, 0.15) is 29.9 Å². The molecule has 1 aliphatic heterocycles. The second-order valence-electron chi connectivity index (χ2n) is 5.27. The van der Waals surface area contributed by atoms with E-state index in [0.29, 0.717) is 17.2 Å². The van der Waals surface area contributed by atoms with E-state index in [9.17, 15) is 14.7 Å². The molecule has 0 aromatic rings. The molecule has 0 aromatic carbocycles. The molecule has 0 unspecified atom stereocenters. The molecule has 0 atom stereocenters. The number of pyridine rings is 1. The van der Waals surface area contributed by atoms with Gasteiger partial charge in [0.25, 0.3) is 0 Å². The first-order valence-electron chi connectivity index (χ1n) is 6.53. The Labute approximate surface area is 117 Å². The highest BCUT2D eigenvalue weighted by Gasteiger charge is 2.19. The van der Waals surface area contributed by atoms with E-state index in [2.05, 4.69) is 19.3 Å². The van der Waals surface area contributed by atoms with E-state index in [4.69, 9.17) is 0 Å². The maximum atomic E-state index is 11.5. The molecule has 0 fully saturated rings. The maximum Gasteiger partial charge on any atom is 0.338 e. The maximum absolute atomic E-state index is 11.5. The Morgan fingerprint density at radius 2 is 2.10 bits per heavy atom. The van der Waals surface area contributed by atoms with Crippen molar-refractivity contribution in [1.29, 1.82) is 0 Å². The number of hydrogen-bond acceptors (Lipinski definition) is 3. The number of carbonyl (C=O) groups is 1. The fourth-order valence-corrected chi connectivity index (χ4v) is 2.13. The van der Waals surface area contributed by atoms with Gasteiger partial charge in [0, 0.05) is 23.9 Å². The molecule has 0 saturated heterocycles. The van der Waals surface area contributed by atoms with Crippen LogP contribution < -0.4 is 10.9 Å². The average Bonchev–Trinajstić information content (AvgIpc) is 2.35. The van der Waals surface area contributed by atoms with Crippen LogP contribution in [0, 0.1) is 12.8 Å². The molecule has 5 heteroatoms. The zero-order chi connectivity index (χ0) is 14.9. The molecular formula is C15H18N2O3. The second kappa shape index (κ2) is 5.36. The van der Waals surface area contributed by atoms with Crippen molar-refractivity contribution < 1.29 is 9.90 Å². The number of fused-ring (bicyclic) bond motifs is 1. The quantitative estimate of drug-likeness (QED) is 0.896. The smallest absolute Gasteiger partial charge is 0.338 e. The Balaban J connectivity index is 2.64. The van der Waals surface area contributed by atoms with E-state index in [1.165, 1.54) is 12.1 Å². The fourth-order valence-electron chi connectivity index (χ4n) is 2.13. The van der Waals surface area contributed by atoms with Crippen molar-refractivity contribution in [2.45, 2.75) is 20.8 Å². The SMILES string of the molecule is Cc1c(C(=O)O)c2cc(=O)ccc-2cn1NCC(C)C. The van der Waals surface area contributed by atoms with Gasteiger partial charge in [-0.05, 0) is 31.0 Å². The van der Waals surface area contributed by atoms with E-state index in [0.717, 1.165) is 12.1 Å². The van der Waals surface area contributed by atoms with Crippen LogP contribution in [0.2, 0.25) is 0 Å². The van der Waals surface area contributed by atoms with E-state index in [-0.39, 0.29) is 11.0 Å². The Morgan fingerprint density at radius 3 is 2.70 bits per heavy atom. The fraction of sp³-hybridized carbons (Fsp3) is 0.333. The van der Waals surface area contributed by atoms with Gasteiger partial charge in [0.15, 0.2) is 5.43 Å². The van der Waals surface area contributed by atoms with Gasteiger partial charge in [0.1, 0.15) is 0 Å². The van der Waals surface area contributed by atoms with Crippen LogP contribution in [-0.4, -0.2) is 22.3 Å². The van der Waals surface area contributed by atoms with Gasteiger partial charge in [-0.25, -0.2) is 4.79 Å². The van der Waals surface area contributed by atoms with Crippen LogP contribution >= 0.6 is 0 Å². The number of benzene rings is 1. The first-order chi connectivity index (χ1) is 9.40. The summed E-state index contributed by atoms with van der Waals surface area (Å²) in [5, 5.41) is 9.41. The topological polar surface area (TPSA) is 71.3 Å². The van der Waals surface area contributed by atoms with Crippen LogP contribution in [0.25, 0.3) is 11.1 Å². The Hall–Kier alpha value is -2.30. The molecule has 0 saturated carbocycles. The van der Waals surface area contributed by atoms with Gasteiger partial charge in [-0.3, -0.25) is 9.47 Å². The highest BCUT2D eigenvalue weighted by molar-refractivity contribution is 5.97. The molecule has 20 heavy (non-hydrogen) atoms. The molecule has 0 amide bonds. The normalized spacial score (nSPS) is 11.0. The van der Waals surface area contributed by atoms with Crippen molar-refractivity contribution in [2.24, 2.45) is 5.92 Å². The molecule has 1 heterocycles. The molecule has 0 aromatic heterocycles. The van der Waals surface area contributed by atoms with Crippen molar-refractivity contribution in [3.8, 4) is 11.1 Å². The van der Waals surface area contributed by atoms with Gasteiger partial charge < -0.3 is 10.5 Å². The van der Waals surface area contributed by atoms with E-state index < -0.39 is 5.97 Å². The highest BCUT2D eigenvalue weighted by atomic mass is 16.4. The summed E-state index contributed by atoms with van der Waals surface area (Å²) in [6.07, 6.45) is 1.82. The highest BCUT2D eigenvalue weighted by Crippen LogP contribution is 2.26. The minimum atomic E-state index is -1.03. The molecule has 1 aliphatic carbocycles. The number of aromatic nitrogens is 1. The van der Waals surface area contributed by atoms with E-state index >= 15 is 0 Å². The van der Waals surface area contributed by atoms with Crippen molar-refractivity contribution in [3.63, 3.8) is 0 Å². The lowest BCUT2D eigenvalue weighted by Gasteiger charge is -2.21. The van der Waals surface area contributed by atoms with E-state index in [1.54, 1.807) is 17.7 Å². The van der Waals surface area contributed by atoms with Crippen LogP contribution in [0.4, 0.5) is 0 Å². The lowest BCUT2D eigenvalue weighted by atomic mass is 9.98. The third-order valence-corrected chi connectivity index (χ3v) is 3.17. The van der Waals surface area contributed by atoms with Gasteiger partial charge in [0.2, 0.25) is 0 Å². The number of nitrogens with one attached hydrogen (secondary N) is 1. The molecule has 2 N–H and O–H groups in total. The second-order valence-corrected chi connectivity index (χ2v) is 5.27. The Kier molecular flexibility index (Phi) is 3.79. The summed E-state index contributed by atoms with van der Waals surface area (Å²) in [6.45, 7) is 6.61. The predicted octanol–water partition coefficient (Wildman–Crippen LogP) is 2.16.